The number of para-hydroxylation sites is 3. The molecule has 6 rings (SSSR count). The lowest BCUT2D eigenvalue weighted by Gasteiger charge is -2.26. The van der Waals surface area contributed by atoms with Gasteiger partial charge in [-0.05, 0) is 23.8 Å². The van der Waals surface area contributed by atoms with Crippen LogP contribution in [0.2, 0.25) is 0 Å². The minimum absolute atomic E-state index is 0.145. The summed E-state index contributed by atoms with van der Waals surface area (Å²) in [5.74, 6) is 0.888. The lowest BCUT2D eigenvalue weighted by atomic mass is 9.97. The van der Waals surface area contributed by atoms with Crippen LogP contribution in [0.3, 0.4) is 0 Å². The highest BCUT2D eigenvalue weighted by Gasteiger charge is 2.25. The highest BCUT2D eigenvalue weighted by Crippen LogP contribution is 2.38. The van der Waals surface area contributed by atoms with Gasteiger partial charge in [0.05, 0.1) is 11.4 Å². The molecule has 0 aromatic heterocycles. The quantitative estimate of drug-likeness (QED) is 0.431. The Bertz CT molecular complexity index is 1240. The van der Waals surface area contributed by atoms with Gasteiger partial charge >= 0.3 is 0 Å². The van der Waals surface area contributed by atoms with Crippen molar-refractivity contribution in [1.82, 2.24) is 0 Å². The molecule has 0 saturated heterocycles. The molecule has 0 spiro atoms. The van der Waals surface area contributed by atoms with E-state index in [9.17, 15) is 0 Å². The maximum atomic E-state index is 6.05. The maximum Gasteiger partial charge on any atom is 0.196 e. The van der Waals surface area contributed by atoms with Crippen molar-refractivity contribution in [3.8, 4) is 5.75 Å². The summed E-state index contributed by atoms with van der Waals surface area (Å²) in [5, 5.41) is 7.01. The van der Waals surface area contributed by atoms with Gasteiger partial charge < -0.3 is 15.4 Å². The van der Waals surface area contributed by atoms with Gasteiger partial charge in [0.25, 0.3) is 0 Å². The second-order valence-electron chi connectivity index (χ2n) is 7.74. The van der Waals surface area contributed by atoms with E-state index in [1.54, 1.807) is 0 Å². The van der Waals surface area contributed by atoms with Crippen LogP contribution >= 0.6 is 0 Å². The van der Waals surface area contributed by atoms with E-state index in [0.29, 0.717) is 0 Å². The van der Waals surface area contributed by atoms with Crippen LogP contribution in [-0.2, 0) is 0 Å². The number of hydrogen-bond donors (Lipinski definition) is 2. The summed E-state index contributed by atoms with van der Waals surface area (Å²) in [5.41, 5.74) is 7.59. The Balaban J connectivity index is 1.31. The van der Waals surface area contributed by atoms with Gasteiger partial charge in [-0.25, -0.2) is 0 Å². The summed E-state index contributed by atoms with van der Waals surface area (Å²) in [7, 11) is 0. The standard InChI is InChI=1S/C27H21N3O/c1-2-8-18(9-3-1)25-21-10-4-5-11-22(21)28-26(30-25)19-14-16-20(17-15-19)27-29-23-12-6-7-13-24(23)31-27/h1-17,26-29H. The molecule has 4 heteroatoms. The van der Waals surface area contributed by atoms with Crippen molar-refractivity contribution in [1.29, 1.82) is 0 Å². The second kappa shape index (κ2) is 7.33. The van der Waals surface area contributed by atoms with Gasteiger partial charge in [-0.15, -0.1) is 0 Å². The van der Waals surface area contributed by atoms with E-state index in [0.717, 1.165) is 45.1 Å². The molecule has 0 bridgehead atoms. The summed E-state index contributed by atoms with van der Waals surface area (Å²) >= 11 is 0. The van der Waals surface area contributed by atoms with E-state index in [4.69, 9.17) is 9.73 Å². The fourth-order valence-electron chi connectivity index (χ4n) is 4.17. The summed E-state index contributed by atoms with van der Waals surface area (Å²) in [6.45, 7) is 0. The molecule has 0 saturated carbocycles. The number of anilines is 2. The number of aliphatic imine (C=N–C) groups is 1. The molecule has 2 heterocycles. The molecule has 4 aromatic rings. The van der Waals surface area contributed by atoms with Gasteiger partial charge in [-0.1, -0.05) is 84.9 Å². The third kappa shape index (κ3) is 3.22. The molecular formula is C27H21N3O. The molecule has 4 aromatic carbocycles. The van der Waals surface area contributed by atoms with Crippen LogP contribution in [-0.4, -0.2) is 5.71 Å². The first kappa shape index (κ1) is 17.8. The maximum absolute atomic E-state index is 6.05. The Hall–Kier alpha value is -4.05. The fraction of sp³-hybridized carbons (Fsp3) is 0.0741. The predicted octanol–water partition coefficient (Wildman–Crippen LogP) is 6.15. The first-order valence-corrected chi connectivity index (χ1v) is 10.5. The molecule has 2 atom stereocenters. The number of fused-ring (bicyclic) bond motifs is 2. The smallest absolute Gasteiger partial charge is 0.196 e. The summed E-state index contributed by atoms with van der Waals surface area (Å²) in [4.78, 5) is 5.08. The van der Waals surface area contributed by atoms with Crippen molar-refractivity contribution in [2.45, 2.75) is 12.4 Å². The SMILES string of the molecule is c1ccc(C2=NC(c3ccc(C4Nc5ccccc5O4)cc3)Nc3ccccc32)cc1. The number of benzene rings is 4. The van der Waals surface area contributed by atoms with E-state index >= 15 is 0 Å². The summed E-state index contributed by atoms with van der Waals surface area (Å²) < 4.78 is 6.05. The largest absolute Gasteiger partial charge is 0.464 e. The number of nitrogens with one attached hydrogen (secondary N) is 2. The zero-order valence-corrected chi connectivity index (χ0v) is 16.8. The molecule has 2 aliphatic heterocycles. The highest BCUT2D eigenvalue weighted by molar-refractivity contribution is 6.16. The zero-order valence-electron chi connectivity index (χ0n) is 16.8. The fourth-order valence-corrected chi connectivity index (χ4v) is 4.17. The lowest BCUT2D eigenvalue weighted by Crippen LogP contribution is -2.20. The average molecular weight is 403 g/mol. The zero-order chi connectivity index (χ0) is 20.6. The Morgan fingerprint density at radius 1 is 0.613 bits per heavy atom. The molecule has 2 aliphatic rings. The highest BCUT2D eigenvalue weighted by atomic mass is 16.5. The van der Waals surface area contributed by atoms with Gasteiger partial charge in [0.15, 0.2) is 6.23 Å². The monoisotopic (exact) mass is 403 g/mol. The van der Waals surface area contributed by atoms with E-state index in [1.165, 1.54) is 0 Å². The summed E-state index contributed by atoms with van der Waals surface area (Å²) in [6, 6.07) is 35.2. The minimum atomic E-state index is -0.171. The molecular weight excluding hydrogens is 382 g/mol. The van der Waals surface area contributed by atoms with Crippen LogP contribution in [0.15, 0.2) is 108 Å². The van der Waals surface area contributed by atoms with Gasteiger partial charge in [0.2, 0.25) is 0 Å². The normalized spacial score (nSPS) is 18.6. The van der Waals surface area contributed by atoms with E-state index < -0.39 is 0 Å². The lowest BCUT2D eigenvalue weighted by molar-refractivity contribution is 0.260. The van der Waals surface area contributed by atoms with Crippen LogP contribution < -0.4 is 15.4 Å². The molecule has 4 nitrogen and oxygen atoms in total. The molecule has 150 valence electrons. The van der Waals surface area contributed by atoms with Crippen molar-refractivity contribution < 1.29 is 4.74 Å². The molecule has 0 aliphatic carbocycles. The van der Waals surface area contributed by atoms with Crippen molar-refractivity contribution in [3.05, 3.63) is 125 Å². The summed E-state index contributed by atoms with van der Waals surface area (Å²) in [6.07, 6.45) is -0.316. The third-order valence-electron chi connectivity index (χ3n) is 5.75. The Morgan fingerprint density at radius 2 is 1.29 bits per heavy atom. The van der Waals surface area contributed by atoms with Crippen molar-refractivity contribution >= 4 is 17.1 Å². The van der Waals surface area contributed by atoms with Crippen molar-refractivity contribution in [2.24, 2.45) is 4.99 Å². The van der Waals surface area contributed by atoms with Crippen LogP contribution in [0.4, 0.5) is 11.4 Å². The number of nitrogens with zero attached hydrogens (tertiary/aromatic N) is 1. The van der Waals surface area contributed by atoms with Crippen LogP contribution in [0, 0.1) is 0 Å². The molecule has 31 heavy (non-hydrogen) atoms. The molecule has 2 unspecified atom stereocenters. The minimum Gasteiger partial charge on any atom is -0.464 e. The van der Waals surface area contributed by atoms with Crippen molar-refractivity contribution in [2.75, 3.05) is 10.6 Å². The van der Waals surface area contributed by atoms with Crippen LogP contribution in [0.25, 0.3) is 0 Å². The molecule has 0 radical (unpaired) electrons. The van der Waals surface area contributed by atoms with Gasteiger partial charge in [-0.3, -0.25) is 4.99 Å². The Kier molecular flexibility index (Phi) is 4.20. The Labute approximate surface area is 181 Å². The Morgan fingerprint density at radius 3 is 2.10 bits per heavy atom. The second-order valence-corrected chi connectivity index (χ2v) is 7.74. The molecule has 2 N–H and O–H groups in total. The topological polar surface area (TPSA) is 45.7 Å². The van der Waals surface area contributed by atoms with E-state index in [1.807, 2.05) is 30.3 Å². The van der Waals surface area contributed by atoms with Crippen molar-refractivity contribution in [3.63, 3.8) is 0 Å². The predicted molar refractivity (Wildman–Crippen MR) is 125 cm³/mol. The van der Waals surface area contributed by atoms with E-state index in [-0.39, 0.29) is 12.4 Å². The van der Waals surface area contributed by atoms with Crippen LogP contribution in [0.1, 0.15) is 34.6 Å². The van der Waals surface area contributed by atoms with Gasteiger partial charge in [0.1, 0.15) is 11.9 Å². The van der Waals surface area contributed by atoms with E-state index in [2.05, 4.69) is 83.4 Å². The van der Waals surface area contributed by atoms with Crippen LogP contribution in [0.5, 0.6) is 5.75 Å². The molecule has 0 fully saturated rings. The number of hydrogen-bond acceptors (Lipinski definition) is 4. The average Bonchev–Trinajstić information content (AvgIpc) is 3.28. The number of ether oxygens (including phenoxy) is 1. The van der Waals surface area contributed by atoms with Gasteiger partial charge in [-0.2, -0.15) is 0 Å². The first-order valence-electron chi connectivity index (χ1n) is 10.5. The molecule has 0 amide bonds. The first-order chi connectivity index (χ1) is 15.3. The number of rotatable bonds is 3. The third-order valence-corrected chi connectivity index (χ3v) is 5.75. The van der Waals surface area contributed by atoms with Gasteiger partial charge in [0, 0.05) is 22.4 Å².